The number of anilines is 3. The molecule has 0 saturated carbocycles. The quantitative estimate of drug-likeness (QED) is 0.613. The van der Waals surface area contributed by atoms with Gasteiger partial charge in [-0.25, -0.2) is 4.79 Å². The number of benzene rings is 2. The molecule has 0 unspecified atom stereocenters. The molecule has 2 rings (SSSR count). The molecule has 0 fully saturated rings. The normalized spacial score (nSPS) is 10.1. The Hall–Kier alpha value is -3.55. The maximum absolute atomic E-state index is 12.2. The lowest BCUT2D eigenvalue weighted by atomic mass is 10.2. The lowest BCUT2D eigenvalue weighted by Gasteiger charge is -2.20. The molecule has 2 amide bonds. The average Bonchev–Trinajstić information content (AvgIpc) is 2.73. The minimum absolute atomic E-state index is 0.238. The lowest BCUT2D eigenvalue weighted by molar-refractivity contribution is -0.119. The molecule has 2 aromatic rings. The topological polar surface area (TPSA) is 97.0 Å². The molecule has 0 atom stereocenters. The van der Waals surface area contributed by atoms with Gasteiger partial charge in [0.2, 0.25) is 5.91 Å². The van der Waals surface area contributed by atoms with Crippen molar-refractivity contribution >= 4 is 34.8 Å². The smallest absolute Gasteiger partial charge is 0.338 e. The van der Waals surface area contributed by atoms with Crippen LogP contribution < -0.4 is 20.3 Å². The zero-order chi connectivity index (χ0) is 22.1. The molecule has 0 aliphatic carbocycles. The minimum atomic E-state index is -0.588. The number of esters is 1. The van der Waals surface area contributed by atoms with Crippen molar-refractivity contribution in [3.63, 3.8) is 0 Å². The fourth-order valence-corrected chi connectivity index (χ4v) is 2.88. The first-order valence-electron chi connectivity index (χ1n) is 9.65. The van der Waals surface area contributed by atoms with E-state index in [1.54, 1.807) is 30.3 Å². The second-order valence-corrected chi connectivity index (χ2v) is 6.44. The number of nitrogens with zero attached hydrogens (tertiary/aromatic N) is 1. The first-order valence-corrected chi connectivity index (χ1v) is 9.65. The first-order chi connectivity index (χ1) is 14.4. The van der Waals surface area contributed by atoms with Crippen molar-refractivity contribution < 1.29 is 23.9 Å². The molecule has 2 N–H and O–H groups in total. The van der Waals surface area contributed by atoms with Gasteiger partial charge in [-0.3, -0.25) is 9.59 Å². The number of carbonyl (C=O) groups excluding carboxylic acids is 3. The molecule has 0 aromatic heterocycles. The van der Waals surface area contributed by atoms with Crippen LogP contribution in [0.4, 0.5) is 17.1 Å². The zero-order valence-corrected chi connectivity index (χ0v) is 17.7. The Balaban J connectivity index is 1.97. The van der Waals surface area contributed by atoms with Crippen molar-refractivity contribution in [1.82, 2.24) is 0 Å². The second-order valence-electron chi connectivity index (χ2n) is 6.44. The van der Waals surface area contributed by atoms with E-state index in [1.165, 1.54) is 14.0 Å². The van der Waals surface area contributed by atoms with Gasteiger partial charge in [-0.15, -0.1) is 0 Å². The van der Waals surface area contributed by atoms with Gasteiger partial charge < -0.3 is 25.0 Å². The molecule has 8 nitrogen and oxygen atoms in total. The number of hydrogen-bond donors (Lipinski definition) is 2. The van der Waals surface area contributed by atoms with Crippen LogP contribution in [0.15, 0.2) is 42.5 Å². The largest absolute Gasteiger partial charge is 0.495 e. The maximum Gasteiger partial charge on any atom is 0.338 e. The van der Waals surface area contributed by atoms with Crippen LogP contribution >= 0.6 is 0 Å². The van der Waals surface area contributed by atoms with Crippen molar-refractivity contribution in [2.24, 2.45) is 0 Å². The number of rotatable bonds is 9. The summed E-state index contributed by atoms with van der Waals surface area (Å²) in [5.41, 5.74) is 2.24. The second kappa shape index (κ2) is 10.8. The minimum Gasteiger partial charge on any atom is -0.495 e. The van der Waals surface area contributed by atoms with E-state index in [0.29, 0.717) is 22.7 Å². The Kier molecular flexibility index (Phi) is 8.22. The highest BCUT2D eigenvalue weighted by molar-refractivity contribution is 5.97. The summed E-state index contributed by atoms with van der Waals surface area (Å²) in [4.78, 5) is 37.8. The summed E-state index contributed by atoms with van der Waals surface area (Å²) in [6.45, 7) is 6.79. The van der Waals surface area contributed by atoms with Crippen LogP contribution in [0.1, 0.15) is 31.1 Å². The van der Waals surface area contributed by atoms with Crippen LogP contribution in [0.5, 0.6) is 5.75 Å². The van der Waals surface area contributed by atoms with Gasteiger partial charge in [0, 0.05) is 31.4 Å². The molecule has 0 saturated heterocycles. The molecule has 8 heteroatoms. The third-order valence-electron chi connectivity index (χ3n) is 4.36. The number of methoxy groups -OCH3 is 1. The zero-order valence-electron chi connectivity index (χ0n) is 17.7. The van der Waals surface area contributed by atoms with E-state index >= 15 is 0 Å². The Bertz CT molecular complexity index is 892. The van der Waals surface area contributed by atoms with Gasteiger partial charge in [0.1, 0.15) is 5.75 Å². The lowest BCUT2D eigenvalue weighted by Crippen LogP contribution is -2.22. The summed E-state index contributed by atoms with van der Waals surface area (Å²) in [6, 6.07) is 11.9. The molecule has 2 aromatic carbocycles. The summed E-state index contributed by atoms with van der Waals surface area (Å²) in [5.74, 6) is -0.939. The summed E-state index contributed by atoms with van der Waals surface area (Å²) in [7, 11) is 1.46. The highest BCUT2D eigenvalue weighted by Crippen LogP contribution is 2.27. The van der Waals surface area contributed by atoms with Gasteiger partial charge in [0.05, 0.1) is 18.4 Å². The molecular weight excluding hydrogens is 386 g/mol. The molecule has 30 heavy (non-hydrogen) atoms. The molecule has 0 spiro atoms. The predicted molar refractivity (Wildman–Crippen MR) is 116 cm³/mol. The Morgan fingerprint density at radius 1 is 0.967 bits per heavy atom. The predicted octanol–water partition coefficient (Wildman–Crippen LogP) is 3.30. The van der Waals surface area contributed by atoms with Crippen LogP contribution in [-0.2, 0) is 14.3 Å². The van der Waals surface area contributed by atoms with Crippen molar-refractivity contribution in [2.75, 3.05) is 42.3 Å². The highest BCUT2D eigenvalue weighted by Gasteiger charge is 2.13. The molecule has 0 radical (unpaired) electrons. The van der Waals surface area contributed by atoms with E-state index < -0.39 is 18.5 Å². The molecule has 0 heterocycles. The number of carbonyl (C=O) groups is 3. The average molecular weight is 413 g/mol. The maximum atomic E-state index is 12.2. The number of amides is 2. The number of nitrogens with one attached hydrogen (secondary N) is 2. The van der Waals surface area contributed by atoms with E-state index in [0.717, 1.165) is 18.8 Å². The monoisotopic (exact) mass is 413 g/mol. The third-order valence-corrected chi connectivity index (χ3v) is 4.36. The summed E-state index contributed by atoms with van der Waals surface area (Å²) in [5, 5.41) is 5.25. The summed E-state index contributed by atoms with van der Waals surface area (Å²) >= 11 is 0. The molecule has 0 bridgehead atoms. The van der Waals surface area contributed by atoms with Gasteiger partial charge in [-0.2, -0.15) is 0 Å². The fourth-order valence-electron chi connectivity index (χ4n) is 2.88. The van der Waals surface area contributed by atoms with Crippen molar-refractivity contribution in [2.45, 2.75) is 20.8 Å². The van der Waals surface area contributed by atoms with Crippen LogP contribution in [0.3, 0.4) is 0 Å². The molecule has 0 aliphatic rings. The summed E-state index contributed by atoms with van der Waals surface area (Å²) < 4.78 is 10.3. The number of ether oxygens (including phenoxy) is 2. The van der Waals surface area contributed by atoms with E-state index in [-0.39, 0.29) is 5.91 Å². The van der Waals surface area contributed by atoms with E-state index in [9.17, 15) is 14.4 Å². The first kappa shape index (κ1) is 22.7. The fraction of sp³-hybridized carbons (Fsp3) is 0.318. The highest BCUT2D eigenvalue weighted by atomic mass is 16.5. The van der Waals surface area contributed by atoms with Crippen LogP contribution in [0.2, 0.25) is 0 Å². The van der Waals surface area contributed by atoms with Gasteiger partial charge in [0.25, 0.3) is 5.91 Å². The third kappa shape index (κ3) is 6.23. The van der Waals surface area contributed by atoms with E-state index in [4.69, 9.17) is 9.47 Å². The van der Waals surface area contributed by atoms with Gasteiger partial charge >= 0.3 is 5.97 Å². The molecule has 0 aliphatic heterocycles. The summed E-state index contributed by atoms with van der Waals surface area (Å²) in [6.07, 6.45) is 0. The molecular formula is C22H27N3O5. The van der Waals surface area contributed by atoms with Crippen LogP contribution in [0, 0.1) is 0 Å². The standard InChI is InChI=1S/C22H27N3O5/c1-5-25(6-2)18-10-7-16(8-11-18)22(28)30-14-21(27)24-19-13-17(23-15(3)26)9-12-20(19)29-4/h7-13H,5-6,14H2,1-4H3,(H,23,26)(H,24,27). The van der Waals surface area contributed by atoms with E-state index in [2.05, 4.69) is 29.4 Å². The van der Waals surface area contributed by atoms with Gasteiger partial charge in [-0.05, 0) is 56.3 Å². The van der Waals surface area contributed by atoms with Crippen molar-refractivity contribution in [1.29, 1.82) is 0 Å². The van der Waals surface area contributed by atoms with Crippen molar-refractivity contribution in [3.8, 4) is 5.75 Å². The Labute approximate surface area is 176 Å². The van der Waals surface area contributed by atoms with Crippen LogP contribution in [-0.4, -0.2) is 44.6 Å². The Morgan fingerprint density at radius 3 is 2.20 bits per heavy atom. The number of hydrogen-bond acceptors (Lipinski definition) is 6. The van der Waals surface area contributed by atoms with E-state index in [1.807, 2.05) is 12.1 Å². The molecule has 160 valence electrons. The Morgan fingerprint density at radius 2 is 1.63 bits per heavy atom. The van der Waals surface area contributed by atoms with Gasteiger partial charge in [0.15, 0.2) is 6.61 Å². The van der Waals surface area contributed by atoms with Crippen LogP contribution in [0.25, 0.3) is 0 Å². The van der Waals surface area contributed by atoms with Crippen molar-refractivity contribution in [3.05, 3.63) is 48.0 Å². The SMILES string of the molecule is CCN(CC)c1ccc(C(=O)OCC(=O)Nc2cc(NC(C)=O)ccc2OC)cc1. The van der Waals surface area contributed by atoms with Gasteiger partial charge in [-0.1, -0.05) is 0 Å².